The quantitative estimate of drug-likeness (QED) is 0.438. The number of sulfonamides is 1. The Morgan fingerprint density at radius 2 is 1.78 bits per heavy atom. The van der Waals surface area contributed by atoms with Gasteiger partial charge in [-0.05, 0) is 43.9 Å². The van der Waals surface area contributed by atoms with Gasteiger partial charge >= 0.3 is 0 Å². The van der Waals surface area contributed by atoms with E-state index in [4.69, 9.17) is 0 Å². The lowest BCUT2D eigenvalue weighted by molar-refractivity contribution is -0.384. The molecule has 2 N–H and O–H groups in total. The number of hydrogen-bond acceptors (Lipinski definition) is 6. The van der Waals surface area contributed by atoms with E-state index in [9.17, 15) is 23.3 Å². The molecule has 3 rings (SSSR count). The molecule has 10 heteroatoms. The Bertz CT molecular complexity index is 1100. The Kier molecular flexibility index (Phi) is 7.47. The Morgan fingerprint density at radius 3 is 2.41 bits per heavy atom. The molecule has 9 nitrogen and oxygen atoms in total. The Balaban J connectivity index is 1.80. The molecule has 0 saturated carbocycles. The van der Waals surface area contributed by atoms with E-state index >= 15 is 0 Å². The minimum atomic E-state index is -3.52. The van der Waals surface area contributed by atoms with E-state index in [1.807, 2.05) is 0 Å². The molecular formula is C22H28N4O5S. The third-order valence-corrected chi connectivity index (χ3v) is 6.72. The van der Waals surface area contributed by atoms with Crippen molar-refractivity contribution in [2.75, 3.05) is 18.0 Å². The van der Waals surface area contributed by atoms with E-state index in [1.54, 1.807) is 44.2 Å². The van der Waals surface area contributed by atoms with Crippen LogP contribution in [0, 0.1) is 10.1 Å². The van der Waals surface area contributed by atoms with Crippen molar-refractivity contribution in [1.29, 1.82) is 0 Å². The number of non-ortho nitro benzene ring substituents is 1. The second kappa shape index (κ2) is 10.1. The van der Waals surface area contributed by atoms with Crippen LogP contribution >= 0.6 is 0 Å². The number of nitro benzene ring substituents is 1. The molecule has 32 heavy (non-hydrogen) atoms. The summed E-state index contributed by atoms with van der Waals surface area (Å²) < 4.78 is 27.3. The summed E-state index contributed by atoms with van der Waals surface area (Å²) in [5.41, 5.74) is 2.02. The smallest absolute Gasteiger partial charge is 0.270 e. The van der Waals surface area contributed by atoms with Crippen LogP contribution in [0.5, 0.6) is 0 Å². The number of benzene rings is 2. The molecule has 0 aliphatic carbocycles. The second-order valence-electron chi connectivity index (χ2n) is 8.14. The maximum absolute atomic E-state index is 13.0. The number of nitrogens with zero attached hydrogens (tertiary/aromatic N) is 2. The number of nitro groups is 1. The lowest BCUT2D eigenvalue weighted by Crippen LogP contribution is -2.32. The highest BCUT2D eigenvalue weighted by molar-refractivity contribution is 7.88. The van der Waals surface area contributed by atoms with E-state index in [0.29, 0.717) is 16.8 Å². The number of carbonyl (C=O) groups excluding carboxylic acids is 1. The van der Waals surface area contributed by atoms with Gasteiger partial charge in [0.15, 0.2) is 0 Å². The van der Waals surface area contributed by atoms with Crippen LogP contribution in [0.4, 0.5) is 11.4 Å². The molecule has 172 valence electrons. The van der Waals surface area contributed by atoms with Crippen molar-refractivity contribution in [1.82, 2.24) is 10.0 Å². The average molecular weight is 461 g/mol. The predicted octanol–water partition coefficient (Wildman–Crippen LogP) is 2.95. The molecular weight excluding hydrogens is 432 g/mol. The van der Waals surface area contributed by atoms with Gasteiger partial charge in [-0.2, -0.15) is 0 Å². The number of amides is 1. The van der Waals surface area contributed by atoms with Gasteiger partial charge in [-0.25, -0.2) is 13.1 Å². The summed E-state index contributed by atoms with van der Waals surface area (Å²) >= 11 is 0. The van der Waals surface area contributed by atoms with Gasteiger partial charge in [-0.1, -0.05) is 24.3 Å². The minimum Gasteiger partial charge on any atom is -0.371 e. The van der Waals surface area contributed by atoms with Gasteiger partial charge in [-0.15, -0.1) is 0 Å². The van der Waals surface area contributed by atoms with Crippen molar-refractivity contribution < 1.29 is 18.1 Å². The van der Waals surface area contributed by atoms with Crippen LogP contribution in [0.2, 0.25) is 0 Å². The summed E-state index contributed by atoms with van der Waals surface area (Å²) in [6.07, 6.45) is 2.01. The summed E-state index contributed by atoms with van der Waals surface area (Å²) in [7, 11) is -3.52. The molecule has 0 radical (unpaired) electrons. The van der Waals surface area contributed by atoms with E-state index < -0.39 is 20.9 Å². The SMILES string of the molecule is CC(C)NS(=O)(=O)Cc1ccccc1CNC(=O)c1cc([N+](=O)[O-])ccc1N1CCCC1. The first-order valence-corrected chi connectivity index (χ1v) is 12.2. The molecule has 2 aromatic rings. The molecule has 1 amide bonds. The molecule has 0 bridgehead atoms. The van der Waals surface area contributed by atoms with Crippen molar-refractivity contribution in [2.24, 2.45) is 0 Å². The first-order chi connectivity index (χ1) is 15.2. The molecule has 2 aromatic carbocycles. The van der Waals surface area contributed by atoms with Crippen molar-refractivity contribution in [3.63, 3.8) is 0 Å². The van der Waals surface area contributed by atoms with Crippen molar-refractivity contribution in [3.8, 4) is 0 Å². The first-order valence-electron chi connectivity index (χ1n) is 10.5. The molecule has 0 unspecified atom stereocenters. The molecule has 0 spiro atoms. The van der Waals surface area contributed by atoms with Crippen molar-refractivity contribution in [3.05, 3.63) is 69.3 Å². The summed E-state index contributed by atoms with van der Waals surface area (Å²) in [5.74, 6) is -0.638. The third-order valence-electron chi connectivity index (χ3n) is 5.20. The van der Waals surface area contributed by atoms with Gasteiger partial charge in [0.1, 0.15) is 0 Å². The van der Waals surface area contributed by atoms with Gasteiger partial charge in [0.2, 0.25) is 10.0 Å². The van der Waals surface area contributed by atoms with E-state index in [2.05, 4.69) is 14.9 Å². The minimum absolute atomic E-state index is 0.105. The van der Waals surface area contributed by atoms with Crippen LogP contribution in [-0.4, -0.2) is 38.4 Å². The maximum Gasteiger partial charge on any atom is 0.270 e. The Labute approximate surface area is 188 Å². The van der Waals surface area contributed by atoms with Crippen LogP contribution in [0.25, 0.3) is 0 Å². The van der Waals surface area contributed by atoms with E-state index in [1.165, 1.54) is 12.1 Å². The van der Waals surface area contributed by atoms with E-state index in [-0.39, 0.29) is 29.6 Å². The lowest BCUT2D eigenvalue weighted by atomic mass is 10.1. The zero-order valence-electron chi connectivity index (χ0n) is 18.2. The summed E-state index contributed by atoms with van der Waals surface area (Å²) in [6, 6.07) is 11.1. The van der Waals surface area contributed by atoms with Gasteiger partial charge < -0.3 is 10.2 Å². The van der Waals surface area contributed by atoms with Crippen LogP contribution < -0.4 is 14.9 Å². The molecule has 0 atom stereocenters. The summed E-state index contributed by atoms with van der Waals surface area (Å²) in [6.45, 7) is 5.19. The van der Waals surface area contributed by atoms with Crippen LogP contribution in [0.3, 0.4) is 0 Å². The lowest BCUT2D eigenvalue weighted by Gasteiger charge is -2.21. The number of hydrogen-bond donors (Lipinski definition) is 2. The van der Waals surface area contributed by atoms with Gasteiger partial charge in [-0.3, -0.25) is 14.9 Å². The number of nitrogens with one attached hydrogen (secondary N) is 2. The van der Waals surface area contributed by atoms with Gasteiger partial charge in [0.05, 0.1) is 21.9 Å². The first kappa shape index (κ1) is 23.7. The molecule has 1 fully saturated rings. The van der Waals surface area contributed by atoms with Crippen molar-refractivity contribution >= 4 is 27.3 Å². The average Bonchev–Trinajstić information content (AvgIpc) is 3.26. The van der Waals surface area contributed by atoms with Crippen LogP contribution in [0.15, 0.2) is 42.5 Å². The second-order valence-corrected chi connectivity index (χ2v) is 9.89. The molecule has 1 aliphatic heterocycles. The fourth-order valence-electron chi connectivity index (χ4n) is 3.80. The highest BCUT2D eigenvalue weighted by Gasteiger charge is 2.23. The Morgan fingerprint density at radius 1 is 1.12 bits per heavy atom. The topological polar surface area (TPSA) is 122 Å². The standard InChI is InChI=1S/C22H28N4O5S/c1-16(2)24-32(30,31)15-18-8-4-3-7-17(18)14-23-22(27)20-13-19(26(28)29)9-10-21(20)25-11-5-6-12-25/h3-4,7-10,13,16,24H,5-6,11-12,14-15H2,1-2H3,(H,23,27). The molecule has 1 saturated heterocycles. The third kappa shape index (κ3) is 6.04. The fourth-order valence-corrected chi connectivity index (χ4v) is 5.29. The molecule has 1 aliphatic rings. The monoisotopic (exact) mass is 460 g/mol. The highest BCUT2D eigenvalue weighted by atomic mass is 32.2. The molecule has 0 aromatic heterocycles. The summed E-state index contributed by atoms with van der Waals surface area (Å²) in [5, 5.41) is 14.0. The Hall–Kier alpha value is -2.98. The fraction of sp³-hybridized carbons (Fsp3) is 0.409. The predicted molar refractivity (Wildman–Crippen MR) is 123 cm³/mol. The number of carbonyl (C=O) groups is 1. The number of anilines is 1. The van der Waals surface area contributed by atoms with Crippen LogP contribution in [-0.2, 0) is 22.3 Å². The van der Waals surface area contributed by atoms with Gasteiger partial charge in [0.25, 0.3) is 11.6 Å². The zero-order valence-corrected chi connectivity index (χ0v) is 19.0. The van der Waals surface area contributed by atoms with Gasteiger partial charge in [0, 0.05) is 37.8 Å². The van der Waals surface area contributed by atoms with Crippen molar-refractivity contribution in [2.45, 2.75) is 45.0 Å². The summed E-state index contributed by atoms with van der Waals surface area (Å²) in [4.78, 5) is 25.8. The zero-order chi connectivity index (χ0) is 23.3. The highest BCUT2D eigenvalue weighted by Crippen LogP contribution is 2.28. The maximum atomic E-state index is 13.0. The number of rotatable bonds is 9. The largest absolute Gasteiger partial charge is 0.371 e. The normalized spacial score (nSPS) is 14.0. The van der Waals surface area contributed by atoms with E-state index in [0.717, 1.165) is 25.9 Å². The van der Waals surface area contributed by atoms with Crippen LogP contribution in [0.1, 0.15) is 48.2 Å². The molecule has 1 heterocycles.